The van der Waals surface area contributed by atoms with Crippen LogP contribution >= 0.6 is 11.3 Å². The normalized spacial score (nSPS) is 10.9. The summed E-state index contributed by atoms with van der Waals surface area (Å²) < 4.78 is 21.2. The summed E-state index contributed by atoms with van der Waals surface area (Å²) in [5, 5.41) is 3.46. The van der Waals surface area contributed by atoms with Crippen LogP contribution < -0.4 is 0 Å². The number of benzene rings is 5. The Morgan fingerprint density at radius 3 is 1.05 bits per heavy atom. The number of carbonyl (C=O) groups is 5. The van der Waals surface area contributed by atoms with Crippen LogP contribution in [-0.2, 0) is 18.9 Å². The van der Waals surface area contributed by atoms with Gasteiger partial charge >= 0.3 is 23.9 Å². The van der Waals surface area contributed by atoms with E-state index in [1.165, 1.54) is 11.3 Å². The van der Waals surface area contributed by atoms with E-state index in [1.807, 2.05) is 67.8 Å². The Kier molecular flexibility index (Phi) is 13.9. The van der Waals surface area contributed by atoms with Gasteiger partial charge in [-0.2, -0.15) is 0 Å². The van der Waals surface area contributed by atoms with Crippen molar-refractivity contribution in [2.45, 2.75) is 41.5 Å². The van der Waals surface area contributed by atoms with Gasteiger partial charge < -0.3 is 23.8 Å². The van der Waals surface area contributed by atoms with E-state index in [2.05, 4.69) is 0 Å². The second kappa shape index (κ2) is 19.4. The Bertz CT molecular complexity index is 2520. The number of thiophene rings is 1. The molecule has 0 bridgehead atoms. The topological polar surface area (TPSA) is 126 Å². The first-order valence-corrected chi connectivity index (χ1v) is 21.0. The Hall–Kier alpha value is -6.59. The molecule has 5 aromatic carbocycles. The zero-order valence-corrected chi connectivity index (χ0v) is 35.4. The first-order chi connectivity index (χ1) is 29.1. The minimum atomic E-state index is -0.462. The van der Waals surface area contributed by atoms with Crippen molar-refractivity contribution in [3.05, 3.63) is 130 Å². The molecule has 0 aliphatic rings. The molecule has 11 heteroatoms. The number of rotatable bonds is 15. The third-order valence-electron chi connectivity index (χ3n) is 10.0. The fourth-order valence-corrected chi connectivity index (χ4v) is 8.26. The molecule has 0 aliphatic heterocycles. The molecule has 0 spiro atoms. The Labute approximate surface area is 353 Å². The minimum Gasteiger partial charge on any atom is -0.462 e. The lowest BCUT2D eigenvalue weighted by Crippen LogP contribution is -2.30. The van der Waals surface area contributed by atoms with Gasteiger partial charge in [-0.3, -0.25) is 4.79 Å². The molecule has 1 amide bonds. The quantitative estimate of drug-likeness (QED) is 0.0735. The fraction of sp³-hybridized carbons (Fsp3) is 0.245. The summed E-state index contributed by atoms with van der Waals surface area (Å²) in [7, 11) is 0. The summed E-state index contributed by atoms with van der Waals surface area (Å²) in [5.41, 5.74) is 7.41. The largest absolute Gasteiger partial charge is 0.462 e. The number of esters is 4. The zero-order valence-electron chi connectivity index (χ0n) is 34.6. The third kappa shape index (κ3) is 8.72. The van der Waals surface area contributed by atoms with Crippen LogP contribution in [0.3, 0.4) is 0 Å². The van der Waals surface area contributed by atoms with E-state index in [4.69, 9.17) is 18.9 Å². The van der Waals surface area contributed by atoms with Crippen molar-refractivity contribution in [3.8, 4) is 44.5 Å². The average molecular weight is 826 g/mol. The predicted octanol–water partition coefficient (Wildman–Crippen LogP) is 10.8. The third-order valence-corrected chi connectivity index (χ3v) is 11.0. The van der Waals surface area contributed by atoms with E-state index in [0.717, 1.165) is 49.9 Å². The molecule has 6 aromatic rings. The predicted molar refractivity (Wildman–Crippen MR) is 235 cm³/mol. The van der Waals surface area contributed by atoms with Gasteiger partial charge in [0, 0.05) is 29.2 Å². The van der Waals surface area contributed by atoms with E-state index in [1.54, 1.807) is 81.1 Å². The maximum atomic E-state index is 14.6. The molecule has 0 unspecified atom stereocenters. The van der Waals surface area contributed by atoms with Crippen LogP contribution in [0.15, 0.2) is 102 Å². The van der Waals surface area contributed by atoms with E-state index >= 15 is 0 Å². The summed E-state index contributed by atoms with van der Waals surface area (Å²) in [6.07, 6.45) is 0. The van der Waals surface area contributed by atoms with Crippen LogP contribution in [0.4, 0.5) is 0 Å². The molecular weight excluding hydrogens is 779 g/mol. The summed E-state index contributed by atoms with van der Waals surface area (Å²) in [4.78, 5) is 68.3. The highest BCUT2D eigenvalue weighted by Crippen LogP contribution is 2.53. The highest BCUT2D eigenvalue weighted by atomic mass is 32.1. The van der Waals surface area contributed by atoms with Crippen molar-refractivity contribution < 1.29 is 42.9 Å². The molecular formula is C49H47NO9S. The van der Waals surface area contributed by atoms with Gasteiger partial charge in [0.15, 0.2) is 0 Å². The molecule has 0 fully saturated rings. The number of hydrogen-bond donors (Lipinski definition) is 0. The van der Waals surface area contributed by atoms with Gasteiger partial charge in [0.05, 0.1) is 48.7 Å². The number of fused-ring (bicyclic) bond motifs is 1. The zero-order chi connectivity index (χ0) is 42.9. The molecule has 10 nitrogen and oxygen atoms in total. The Balaban J connectivity index is 1.81. The van der Waals surface area contributed by atoms with E-state index in [-0.39, 0.29) is 32.3 Å². The molecule has 1 aromatic heterocycles. The van der Waals surface area contributed by atoms with Crippen molar-refractivity contribution in [2.24, 2.45) is 0 Å². The number of ether oxygens (including phenoxy) is 4. The van der Waals surface area contributed by atoms with Gasteiger partial charge in [-0.1, -0.05) is 48.5 Å². The van der Waals surface area contributed by atoms with Crippen molar-refractivity contribution in [1.82, 2.24) is 4.90 Å². The van der Waals surface area contributed by atoms with Crippen LogP contribution in [-0.4, -0.2) is 74.2 Å². The van der Waals surface area contributed by atoms with Crippen molar-refractivity contribution in [2.75, 3.05) is 39.5 Å². The van der Waals surface area contributed by atoms with E-state index < -0.39 is 23.9 Å². The monoisotopic (exact) mass is 825 g/mol. The van der Waals surface area contributed by atoms with Crippen LogP contribution in [0, 0.1) is 0 Å². The van der Waals surface area contributed by atoms with Crippen LogP contribution in [0.2, 0.25) is 0 Å². The molecule has 60 heavy (non-hydrogen) atoms. The van der Waals surface area contributed by atoms with Gasteiger partial charge in [-0.15, -0.1) is 11.3 Å². The molecule has 0 saturated carbocycles. The molecule has 0 N–H and O–H groups in total. The molecule has 0 aliphatic carbocycles. The van der Waals surface area contributed by atoms with Gasteiger partial charge in [0.25, 0.3) is 5.91 Å². The Morgan fingerprint density at radius 1 is 0.433 bits per heavy atom. The lowest BCUT2D eigenvalue weighted by Gasteiger charge is -2.24. The van der Waals surface area contributed by atoms with E-state index in [0.29, 0.717) is 45.6 Å². The summed E-state index contributed by atoms with van der Waals surface area (Å²) in [6.45, 7) is 12.8. The van der Waals surface area contributed by atoms with Crippen LogP contribution in [0.25, 0.3) is 55.3 Å². The summed E-state index contributed by atoms with van der Waals surface area (Å²) in [5.74, 6) is -1.96. The number of hydrogen-bond acceptors (Lipinski definition) is 10. The molecule has 0 saturated heterocycles. The highest BCUT2D eigenvalue weighted by Gasteiger charge is 2.30. The maximum absolute atomic E-state index is 14.6. The number of amides is 1. The second-order valence-corrected chi connectivity index (χ2v) is 14.4. The molecule has 1 heterocycles. The molecule has 6 rings (SSSR count). The lowest BCUT2D eigenvalue weighted by atomic mass is 9.79. The molecule has 0 atom stereocenters. The van der Waals surface area contributed by atoms with Crippen LogP contribution in [0.5, 0.6) is 0 Å². The molecule has 308 valence electrons. The van der Waals surface area contributed by atoms with E-state index in [9.17, 15) is 24.0 Å². The SMILES string of the molecule is CCOC(=O)c1ccc(-c2c(-c3ccc(C(=O)OCC)cc3)c(-c3ccc(C(=O)OCC)cc3)c3c(C(=O)N(CC)CC)scc3c2-c2ccc(C(=O)OCC)cc2)cc1. The lowest BCUT2D eigenvalue weighted by molar-refractivity contribution is 0.0517. The van der Waals surface area contributed by atoms with Gasteiger partial charge in [-0.25, -0.2) is 19.2 Å². The number of nitrogens with zero attached hydrogens (tertiary/aromatic N) is 1. The highest BCUT2D eigenvalue weighted by molar-refractivity contribution is 7.14. The first kappa shape index (κ1) is 43.0. The van der Waals surface area contributed by atoms with Gasteiger partial charge in [-0.05, 0) is 135 Å². The van der Waals surface area contributed by atoms with Crippen molar-refractivity contribution in [3.63, 3.8) is 0 Å². The van der Waals surface area contributed by atoms with Gasteiger partial charge in [0.2, 0.25) is 0 Å². The molecule has 0 radical (unpaired) electrons. The fourth-order valence-electron chi connectivity index (χ4n) is 7.23. The van der Waals surface area contributed by atoms with Crippen molar-refractivity contribution in [1.29, 1.82) is 0 Å². The summed E-state index contributed by atoms with van der Waals surface area (Å²) in [6, 6.07) is 28.6. The average Bonchev–Trinajstić information content (AvgIpc) is 3.71. The smallest absolute Gasteiger partial charge is 0.338 e. The summed E-state index contributed by atoms with van der Waals surface area (Å²) >= 11 is 1.35. The Morgan fingerprint density at radius 2 is 0.733 bits per heavy atom. The first-order valence-electron chi connectivity index (χ1n) is 20.1. The standard InChI is InChI=1S/C49H47NO9S/c1-7-50(8-2)45(51)44-43-38(29-60-44)39(30-13-21-34(22-14-30)46(52)56-9-3)40(31-15-23-35(24-16-31)47(53)57-10-4)41(32-17-25-36(26-18-32)48(54)58-11-5)42(43)33-19-27-37(28-20-33)49(55)59-12-6/h13-29H,7-12H2,1-6H3. The minimum absolute atomic E-state index is 0.136. The second-order valence-electron chi connectivity index (χ2n) is 13.5. The van der Waals surface area contributed by atoms with Crippen LogP contribution in [0.1, 0.15) is 92.6 Å². The van der Waals surface area contributed by atoms with Gasteiger partial charge in [0.1, 0.15) is 4.88 Å². The van der Waals surface area contributed by atoms with Crippen molar-refractivity contribution >= 4 is 51.9 Å². The maximum Gasteiger partial charge on any atom is 0.338 e. The number of carbonyl (C=O) groups excluding carboxylic acids is 5.